The Kier molecular flexibility index (Phi) is 5.28. The lowest BCUT2D eigenvalue weighted by molar-refractivity contribution is 0.195. The number of aliphatic hydroxyl groups is 1. The van der Waals surface area contributed by atoms with Gasteiger partial charge in [0.25, 0.3) is 0 Å². The predicted molar refractivity (Wildman–Crippen MR) is 73.6 cm³/mol. The van der Waals surface area contributed by atoms with Gasteiger partial charge in [-0.2, -0.15) is 0 Å². The van der Waals surface area contributed by atoms with Gasteiger partial charge in [0.2, 0.25) is 0 Å². The molecule has 0 amide bonds. The second-order valence-corrected chi connectivity index (χ2v) is 8.26. The summed E-state index contributed by atoms with van der Waals surface area (Å²) in [4.78, 5) is 0. The molecule has 1 aromatic rings. The van der Waals surface area contributed by atoms with Gasteiger partial charge < -0.3 is 5.11 Å². The van der Waals surface area contributed by atoms with Gasteiger partial charge in [-0.3, -0.25) is 0 Å². The van der Waals surface area contributed by atoms with Gasteiger partial charge in [-0.1, -0.05) is 52.1 Å². The van der Waals surface area contributed by atoms with Crippen molar-refractivity contribution in [3.8, 4) is 0 Å². The lowest BCUT2D eigenvalue weighted by Gasteiger charge is -2.18. The molecule has 2 atom stereocenters. The normalized spacial score (nSPS) is 15.6. The van der Waals surface area contributed by atoms with Crippen LogP contribution in [0.5, 0.6) is 0 Å². The quantitative estimate of drug-likeness (QED) is 0.838. The Balaban J connectivity index is 3.09. The molecule has 0 aliphatic heterocycles. The Morgan fingerprint density at radius 2 is 2.00 bits per heavy atom. The molecule has 0 unspecified atom stereocenters. The molecule has 0 spiro atoms. The lowest BCUT2D eigenvalue weighted by atomic mass is 10.1. The third-order valence-electron chi connectivity index (χ3n) is 2.27. The van der Waals surface area contributed by atoms with Crippen LogP contribution < -0.4 is 0 Å². The first-order chi connectivity index (χ1) is 7.79. The molecule has 0 aliphatic carbocycles. The molecule has 0 aliphatic rings. The van der Waals surface area contributed by atoms with Crippen LogP contribution in [0.4, 0.5) is 0 Å². The molecule has 0 bridgehead atoms. The number of hydrogen-bond acceptors (Lipinski definition) is 3. The molecule has 3 nitrogen and oxygen atoms in total. The van der Waals surface area contributed by atoms with Crippen molar-refractivity contribution in [1.29, 1.82) is 0 Å². The van der Waals surface area contributed by atoms with Crippen molar-refractivity contribution in [1.82, 2.24) is 0 Å². The van der Waals surface area contributed by atoms with Crippen LogP contribution in [0.15, 0.2) is 18.2 Å². The summed E-state index contributed by atoms with van der Waals surface area (Å²) in [5, 5.41) is 10.6. The average Bonchev–Trinajstić information content (AvgIpc) is 2.27. The van der Waals surface area contributed by atoms with Crippen molar-refractivity contribution >= 4 is 49.0 Å². The SMILES string of the molecule is CCS(=O)(=O)[C@H](Br)[C@@H](O)c1ccc(Cl)cc1Cl. The Morgan fingerprint density at radius 3 is 2.47 bits per heavy atom. The van der Waals surface area contributed by atoms with Gasteiger partial charge in [-0.05, 0) is 12.1 Å². The molecule has 0 radical (unpaired) electrons. The molecular formula is C10H11BrCl2O3S. The summed E-state index contributed by atoms with van der Waals surface area (Å²) in [7, 11) is -3.40. The Morgan fingerprint density at radius 1 is 1.41 bits per heavy atom. The maximum absolute atomic E-state index is 11.6. The maximum atomic E-state index is 11.6. The molecule has 7 heteroatoms. The second kappa shape index (κ2) is 5.89. The highest BCUT2D eigenvalue weighted by Gasteiger charge is 2.30. The average molecular weight is 362 g/mol. The summed E-state index contributed by atoms with van der Waals surface area (Å²) < 4.78 is 22.1. The van der Waals surface area contributed by atoms with Crippen molar-refractivity contribution in [2.24, 2.45) is 0 Å². The van der Waals surface area contributed by atoms with Crippen molar-refractivity contribution in [2.45, 2.75) is 17.2 Å². The van der Waals surface area contributed by atoms with Crippen LogP contribution in [0.2, 0.25) is 10.0 Å². The van der Waals surface area contributed by atoms with Gasteiger partial charge in [0.05, 0.1) is 0 Å². The van der Waals surface area contributed by atoms with Crippen molar-refractivity contribution in [3.05, 3.63) is 33.8 Å². The van der Waals surface area contributed by atoms with E-state index in [9.17, 15) is 13.5 Å². The van der Waals surface area contributed by atoms with Gasteiger partial charge >= 0.3 is 0 Å². The molecule has 1 aromatic carbocycles. The molecular weight excluding hydrogens is 351 g/mol. The van der Waals surface area contributed by atoms with E-state index in [1.54, 1.807) is 6.07 Å². The fraction of sp³-hybridized carbons (Fsp3) is 0.400. The van der Waals surface area contributed by atoms with Crippen molar-refractivity contribution in [2.75, 3.05) is 5.75 Å². The Hall–Kier alpha value is 0.190. The van der Waals surface area contributed by atoms with E-state index < -0.39 is 20.1 Å². The largest absolute Gasteiger partial charge is 0.386 e. The molecule has 17 heavy (non-hydrogen) atoms. The summed E-state index contributed by atoms with van der Waals surface area (Å²) in [6, 6.07) is 4.51. The van der Waals surface area contributed by atoms with Crippen molar-refractivity contribution < 1.29 is 13.5 Å². The third kappa shape index (κ3) is 3.58. The van der Waals surface area contributed by atoms with E-state index in [0.29, 0.717) is 10.6 Å². The number of aliphatic hydroxyl groups excluding tert-OH is 1. The van der Waals surface area contributed by atoms with Gasteiger partial charge in [0, 0.05) is 21.4 Å². The molecule has 0 saturated carbocycles. The van der Waals surface area contributed by atoms with E-state index in [-0.39, 0.29) is 10.8 Å². The van der Waals surface area contributed by atoms with Crippen LogP contribution in [-0.2, 0) is 9.84 Å². The van der Waals surface area contributed by atoms with E-state index in [1.807, 2.05) is 0 Å². The smallest absolute Gasteiger partial charge is 0.165 e. The molecule has 0 aromatic heterocycles. The van der Waals surface area contributed by atoms with Crippen LogP contribution in [0.3, 0.4) is 0 Å². The molecule has 0 heterocycles. The maximum Gasteiger partial charge on any atom is 0.165 e. The second-order valence-electron chi connectivity index (χ2n) is 3.41. The molecule has 1 rings (SSSR count). The molecule has 1 N–H and O–H groups in total. The van der Waals surface area contributed by atoms with Crippen molar-refractivity contribution in [3.63, 3.8) is 0 Å². The topological polar surface area (TPSA) is 54.4 Å². The minimum Gasteiger partial charge on any atom is -0.386 e. The number of rotatable bonds is 4. The van der Waals surface area contributed by atoms with E-state index in [4.69, 9.17) is 23.2 Å². The van der Waals surface area contributed by atoms with E-state index in [1.165, 1.54) is 19.1 Å². The third-order valence-corrected chi connectivity index (χ3v) is 6.80. The number of hydrogen-bond donors (Lipinski definition) is 1. The van der Waals surface area contributed by atoms with E-state index in [2.05, 4.69) is 15.9 Å². The van der Waals surface area contributed by atoms with Crippen LogP contribution >= 0.6 is 39.1 Å². The highest BCUT2D eigenvalue weighted by atomic mass is 79.9. The molecule has 96 valence electrons. The minimum absolute atomic E-state index is 0.0643. The van der Waals surface area contributed by atoms with Gasteiger partial charge in [-0.15, -0.1) is 0 Å². The van der Waals surface area contributed by atoms with E-state index >= 15 is 0 Å². The fourth-order valence-electron chi connectivity index (χ4n) is 1.24. The summed E-state index contributed by atoms with van der Waals surface area (Å²) in [6.45, 7) is 1.51. The Labute approximate surface area is 119 Å². The van der Waals surface area contributed by atoms with Gasteiger partial charge in [0.15, 0.2) is 9.84 Å². The zero-order chi connectivity index (χ0) is 13.2. The summed E-state index contributed by atoms with van der Waals surface area (Å²) in [6.07, 6.45) is -1.23. The van der Waals surface area contributed by atoms with Crippen LogP contribution in [0.1, 0.15) is 18.6 Å². The Bertz CT molecular complexity index is 504. The molecule has 0 fully saturated rings. The summed E-state index contributed by atoms with van der Waals surface area (Å²) in [5.41, 5.74) is 0.329. The zero-order valence-corrected chi connectivity index (χ0v) is 12.8. The first-order valence-corrected chi connectivity index (χ1v) is 8.17. The zero-order valence-electron chi connectivity index (χ0n) is 8.90. The summed E-state index contributed by atoms with van der Waals surface area (Å²) in [5.74, 6) is -0.0643. The monoisotopic (exact) mass is 360 g/mol. The highest BCUT2D eigenvalue weighted by Crippen LogP contribution is 2.33. The van der Waals surface area contributed by atoms with Crippen LogP contribution in [0.25, 0.3) is 0 Å². The number of benzene rings is 1. The van der Waals surface area contributed by atoms with E-state index in [0.717, 1.165) is 0 Å². The van der Waals surface area contributed by atoms with Gasteiger partial charge in [0.1, 0.15) is 10.3 Å². The van der Waals surface area contributed by atoms with Gasteiger partial charge in [-0.25, -0.2) is 8.42 Å². The number of halogens is 3. The lowest BCUT2D eigenvalue weighted by Crippen LogP contribution is -2.24. The first-order valence-electron chi connectivity index (χ1n) is 4.78. The summed E-state index contributed by atoms with van der Waals surface area (Å²) >= 11 is 14.6. The van der Waals surface area contributed by atoms with Crippen LogP contribution in [0, 0.1) is 0 Å². The fourth-order valence-corrected chi connectivity index (χ4v) is 3.69. The van der Waals surface area contributed by atoms with Crippen LogP contribution in [-0.4, -0.2) is 23.4 Å². The standard InChI is InChI=1S/C10H11BrCl2O3S/c1-2-17(15,16)10(11)9(14)7-4-3-6(12)5-8(7)13/h3-5,9-10,14H,2H2,1H3/t9-,10-/m0/s1. The number of sulfone groups is 1. The minimum atomic E-state index is -3.40. The molecule has 0 saturated heterocycles. The number of alkyl halides is 1. The first kappa shape index (κ1) is 15.2. The highest BCUT2D eigenvalue weighted by molar-refractivity contribution is 9.11. The predicted octanol–water partition coefficient (Wildman–Crippen LogP) is 3.18.